The van der Waals surface area contributed by atoms with Crippen LogP contribution in [0.4, 0.5) is 0 Å². The van der Waals surface area contributed by atoms with Crippen molar-refractivity contribution in [1.82, 2.24) is 15.1 Å². The van der Waals surface area contributed by atoms with Gasteiger partial charge in [0, 0.05) is 18.3 Å². The topological polar surface area (TPSA) is 90.5 Å². The zero-order valence-electron chi connectivity index (χ0n) is 11.2. The minimum Gasteiger partial charge on any atom is -0.394 e. The first-order valence-electron chi connectivity index (χ1n) is 5.98. The van der Waals surface area contributed by atoms with Crippen LogP contribution in [-0.4, -0.2) is 50.5 Å². The third-order valence-corrected chi connectivity index (χ3v) is 2.90. The predicted octanol–water partition coefficient (Wildman–Crippen LogP) is -0.557. The van der Waals surface area contributed by atoms with Crippen molar-refractivity contribution in [3.63, 3.8) is 0 Å². The highest BCUT2D eigenvalue weighted by molar-refractivity contribution is 5.06. The van der Waals surface area contributed by atoms with Gasteiger partial charge in [-0.3, -0.25) is 4.68 Å². The summed E-state index contributed by atoms with van der Waals surface area (Å²) in [6.07, 6.45) is 3.64. The number of rotatable bonds is 6. The van der Waals surface area contributed by atoms with E-state index >= 15 is 0 Å². The second-order valence-electron chi connectivity index (χ2n) is 5.57. The molecule has 1 heterocycles. The normalized spacial score (nSPS) is 13.0. The highest BCUT2D eigenvalue weighted by Crippen LogP contribution is 2.13. The highest BCUT2D eigenvalue weighted by atomic mass is 16.3. The Morgan fingerprint density at radius 1 is 1.17 bits per heavy atom. The summed E-state index contributed by atoms with van der Waals surface area (Å²) in [7, 11) is 0. The smallest absolute Gasteiger partial charge is 0.0884 e. The van der Waals surface area contributed by atoms with Gasteiger partial charge in [0.1, 0.15) is 0 Å². The molecular weight excluding hydrogens is 234 g/mol. The molecule has 18 heavy (non-hydrogen) atoms. The first kappa shape index (κ1) is 15.1. The molecule has 0 aromatic carbocycles. The lowest BCUT2D eigenvalue weighted by molar-refractivity contribution is 0.0413. The van der Waals surface area contributed by atoms with Gasteiger partial charge in [-0.2, -0.15) is 5.10 Å². The molecule has 0 fully saturated rings. The van der Waals surface area contributed by atoms with E-state index in [0.29, 0.717) is 6.54 Å². The van der Waals surface area contributed by atoms with Crippen molar-refractivity contribution in [2.24, 2.45) is 0 Å². The third kappa shape index (κ3) is 3.52. The van der Waals surface area contributed by atoms with Crippen molar-refractivity contribution < 1.29 is 15.3 Å². The van der Waals surface area contributed by atoms with Crippen LogP contribution in [0.15, 0.2) is 12.4 Å². The Labute approximate surface area is 107 Å². The molecule has 0 aliphatic carbocycles. The van der Waals surface area contributed by atoms with E-state index in [0.717, 1.165) is 5.56 Å². The fourth-order valence-corrected chi connectivity index (χ4v) is 1.43. The molecule has 0 spiro atoms. The molecule has 104 valence electrons. The maximum absolute atomic E-state index is 9.19. The molecule has 0 aliphatic heterocycles. The van der Waals surface area contributed by atoms with E-state index in [2.05, 4.69) is 31.2 Å². The van der Waals surface area contributed by atoms with E-state index in [1.165, 1.54) is 0 Å². The van der Waals surface area contributed by atoms with Crippen LogP contribution in [-0.2, 0) is 12.1 Å². The number of nitrogens with zero attached hydrogens (tertiary/aromatic N) is 2. The number of nitrogens with one attached hydrogen (secondary N) is 1. The summed E-state index contributed by atoms with van der Waals surface area (Å²) in [6.45, 7) is 5.61. The van der Waals surface area contributed by atoms with Gasteiger partial charge < -0.3 is 20.6 Å². The van der Waals surface area contributed by atoms with Gasteiger partial charge in [0.05, 0.1) is 37.1 Å². The molecular formula is C12H23N3O3. The zero-order valence-corrected chi connectivity index (χ0v) is 11.2. The monoisotopic (exact) mass is 257 g/mol. The van der Waals surface area contributed by atoms with Gasteiger partial charge in [-0.25, -0.2) is 0 Å². The van der Waals surface area contributed by atoms with Gasteiger partial charge in [-0.15, -0.1) is 0 Å². The molecule has 0 bridgehead atoms. The molecule has 0 amide bonds. The average Bonchev–Trinajstić information content (AvgIpc) is 2.80. The maximum Gasteiger partial charge on any atom is 0.0884 e. The van der Waals surface area contributed by atoms with Crippen molar-refractivity contribution in [2.45, 2.75) is 38.4 Å². The molecule has 4 N–H and O–H groups in total. The maximum atomic E-state index is 9.19. The van der Waals surface area contributed by atoms with Gasteiger partial charge >= 0.3 is 0 Å². The van der Waals surface area contributed by atoms with Crippen LogP contribution >= 0.6 is 0 Å². The van der Waals surface area contributed by atoms with Crippen LogP contribution < -0.4 is 5.32 Å². The Morgan fingerprint density at radius 2 is 1.72 bits per heavy atom. The van der Waals surface area contributed by atoms with Crippen LogP contribution in [0.3, 0.4) is 0 Å². The zero-order chi connectivity index (χ0) is 13.8. The molecule has 0 radical (unpaired) electrons. The Balaban J connectivity index is 2.66. The SMILES string of the molecule is CC(C)(C)n1cc(CNC(CO)(CO)CO)cn1. The molecule has 1 aromatic rings. The summed E-state index contributed by atoms with van der Waals surface area (Å²) in [6, 6.07) is 0. The first-order valence-corrected chi connectivity index (χ1v) is 5.98. The van der Waals surface area contributed by atoms with Gasteiger partial charge in [0.2, 0.25) is 0 Å². The summed E-state index contributed by atoms with van der Waals surface area (Å²) < 4.78 is 1.85. The molecule has 1 rings (SSSR count). The molecule has 0 atom stereocenters. The van der Waals surface area contributed by atoms with Gasteiger partial charge in [-0.05, 0) is 20.8 Å². The van der Waals surface area contributed by atoms with Gasteiger partial charge in [-0.1, -0.05) is 0 Å². The standard InChI is InChI=1S/C12H23N3O3/c1-11(2,3)15-6-10(5-14-15)4-13-12(7-16,8-17)9-18/h5-6,13,16-18H,4,7-9H2,1-3H3. The Bertz CT molecular complexity index is 359. The van der Waals surface area contributed by atoms with Gasteiger partial charge in [0.25, 0.3) is 0 Å². The molecule has 0 aliphatic rings. The number of aliphatic hydroxyl groups excluding tert-OH is 3. The second kappa shape index (κ2) is 5.79. The largest absolute Gasteiger partial charge is 0.394 e. The Kier molecular flexibility index (Phi) is 4.86. The van der Waals surface area contributed by atoms with Crippen LogP contribution in [0.25, 0.3) is 0 Å². The summed E-state index contributed by atoms with van der Waals surface area (Å²) >= 11 is 0. The van der Waals surface area contributed by atoms with Crippen LogP contribution in [0.1, 0.15) is 26.3 Å². The lowest BCUT2D eigenvalue weighted by Gasteiger charge is -2.28. The van der Waals surface area contributed by atoms with Crippen molar-refractivity contribution in [3.05, 3.63) is 18.0 Å². The summed E-state index contributed by atoms with van der Waals surface area (Å²) in [5, 5.41) is 34.8. The number of aromatic nitrogens is 2. The quantitative estimate of drug-likeness (QED) is 0.548. The predicted molar refractivity (Wildman–Crippen MR) is 68.1 cm³/mol. The van der Waals surface area contributed by atoms with Crippen molar-refractivity contribution in [1.29, 1.82) is 0 Å². The third-order valence-electron chi connectivity index (χ3n) is 2.90. The Morgan fingerprint density at radius 3 is 2.11 bits per heavy atom. The second-order valence-corrected chi connectivity index (χ2v) is 5.57. The van der Waals surface area contributed by atoms with E-state index in [4.69, 9.17) is 0 Å². The van der Waals surface area contributed by atoms with Crippen LogP contribution in [0, 0.1) is 0 Å². The fraction of sp³-hybridized carbons (Fsp3) is 0.750. The van der Waals surface area contributed by atoms with Crippen LogP contribution in [0.5, 0.6) is 0 Å². The number of hydrogen-bond donors (Lipinski definition) is 4. The van der Waals surface area contributed by atoms with Crippen molar-refractivity contribution in [2.75, 3.05) is 19.8 Å². The van der Waals surface area contributed by atoms with Crippen molar-refractivity contribution in [3.8, 4) is 0 Å². The molecule has 6 nitrogen and oxygen atoms in total. The average molecular weight is 257 g/mol. The summed E-state index contributed by atoms with van der Waals surface area (Å²) in [4.78, 5) is 0. The van der Waals surface area contributed by atoms with E-state index in [1.54, 1.807) is 6.20 Å². The summed E-state index contributed by atoms with van der Waals surface area (Å²) in [5.41, 5.74) is -0.200. The van der Waals surface area contributed by atoms with Gasteiger partial charge in [0.15, 0.2) is 0 Å². The molecule has 1 aromatic heterocycles. The first-order chi connectivity index (χ1) is 8.37. The van der Waals surface area contributed by atoms with E-state index in [-0.39, 0.29) is 25.4 Å². The lowest BCUT2D eigenvalue weighted by atomic mass is 10.0. The summed E-state index contributed by atoms with van der Waals surface area (Å²) in [5.74, 6) is 0. The minimum atomic E-state index is -1.05. The molecule has 0 saturated heterocycles. The van der Waals surface area contributed by atoms with E-state index in [1.807, 2.05) is 10.9 Å². The molecule has 6 heteroatoms. The lowest BCUT2D eigenvalue weighted by Crippen LogP contribution is -2.54. The number of aliphatic hydroxyl groups is 3. The minimum absolute atomic E-state index is 0.0831. The van der Waals surface area contributed by atoms with Crippen molar-refractivity contribution >= 4 is 0 Å². The fourth-order valence-electron chi connectivity index (χ4n) is 1.43. The highest BCUT2D eigenvalue weighted by Gasteiger charge is 2.27. The number of hydrogen-bond acceptors (Lipinski definition) is 5. The van der Waals surface area contributed by atoms with Crippen LogP contribution in [0.2, 0.25) is 0 Å². The molecule has 0 saturated carbocycles. The molecule has 0 unspecified atom stereocenters. The Hall–Kier alpha value is -0.950. The van der Waals surface area contributed by atoms with E-state index < -0.39 is 5.54 Å². The van der Waals surface area contributed by atoms with E-state index in [9.17, 15) is 15.3 Å².